The summed E-state index contributed by atoms with van der Waals surface area (Å²) in [5, 5.41) is 7.54. The van der Waals surface area contributed by atoms with Gasteiger partial charge in [-0.25, -0.2) is 17.6 Å². The van der Waals surface area contributed by atoms with E-state index in [0.717, 1.165) is 192 Å². The van der Waals surface area contributed by atoms with E-state index in [2.05, 4.69) is 190 Å². The lowest BCUT2D eigenvalue weighted by atomic mass is 9.91. The molecule has 130 heavy (non-hydrogen) atoms. The van der Waals surface area contributed by atoms with Crippen molar-refractivity contribution in [1.82, 2.24) is 0 Å². The molecule has 0 unspecified atom stereocenters. The van der Waals surface area contributed by atoms with Crippen molar-refractivity contribution in [2.24, 2.45) is 0 Å². The standard InChI is InChI=1S/C13H18O.C12H16ClN.2C12H15ClO.2C12H15FO.C12H16O.C9H9BrClF.C9H10ClF.C9H11Cl/c1-9(2)11-6-7-13-12(10(11)3)5-4-8-14-13;1-8(2)10-6-5-9-4-3-7-14-12(9)11(10)13;1-8(2)9-5-6-11-10(12(9)13)4-3-7-14-11;1-8(2)10-6-5-9-4-3-7-14-12(9)11(10)13;1-8(2)9-5-6-11-10(12(9)13)4-3-7-14-11;1-8(2)10-6-9-4-3-5-14-12(9)7-11(10)13;1-9(2)10-5-6-12-11(8-10)4-3-7-13-12;1-5(2)6-3-4-7(10)9(12)8(6)11;1-6(2)8-4-3-7(10)5-9(8)11;1-7(2)8-3-5-9(10)6-4-8/h6-7,9H,4-5,8H2,1-3H3;5-6,8,14H,3-4,7H2,1-2H3;3*5-6,8H,3-4,7H2,1-2H3;6-8H,3-5H2,1-2H3;5-6,8-9H,3-4,7H2,1-2H3;3-5H,1-2H3;3-6H,1-2H3;3-7H,1-2H3. The van der Waals surface area contributed by atoms with Crippen LogP contribution in [0.5, 0.6) is 34.5 Å². The quantitative estimate of drug-likeness (QED) is 0.108. The van der Waals surface area contributed by atoms with Crippen molar-refractivity contribution in [1.29, 1.82) is 0 Å². The third-order valence-corrected chi connectivity index (χ3v) is 26.7. The Hall–Kier alpha value is -7.26. The first-order valence-corrected chi connectivity index (χ1v) is 50.0. The van der Waals surface area contributed by atoms with E-state index in [1.54, 1.807) is 18.2 Å². The smallest absolute Gasteiger partial charge is 0.156 e. The van der Waals surface area contributed by atoms with E-state index in [1.165, 1.54) is 104 Å². The number of benzene rings is 10. The number of ether oxygens (including phenoxy) is 6. The number of fused-ring (bicyclic) bond motifs is 7. The molecule has 0 saturated carbocycles. The first kappa shape index (κ1) is 108. The highest BCUT2D eigenvalue weighted by atomic mass is 79.9. The number of hydrogen-bond donors (Lipinski definition) is 1. The second kappa shape index (κ2) is 53.1. The summed E-state index contributed by atoms with van der Waals surface area (Å²) in [5.74, 6) is 8.99. The molecule has 0 aromatic heterocycles. The highest BCUT2D eigenvalue weighted by Crippen LogP contribution is 2.43. The summed E-state index contributed by atoms with van der Waals surface area (Å²) in [6.45, 7) is 50.3. The summed E-state index contributed by atoms with van der Waals surface area (Å²) in [7, 11) is 0. The summed E-state index contributed by atoms with van der Waals surface area (Å²) in [6.07, 6.45) is 15.1. The number of aryl methyl sites for hydroxylation is 4. The minimum absolute atomic E-state index is 0.0581. The lowest BCUT2D eigenvalue weighted by Crippen LogP contribution is -2.12. The van der Waals surface area contributed by atoms with Gasteiger partial charge in [0.15, 0.2) is 5.82 Å². The predicted octanol–water partition coefficient (Wildman–Crippen LogP) is 36.0. The maximum atomic E-state index is 13.9. The average molecular weight is 1960 g/mol. The maximum absolute atomic E-state index is 13.9. The highest BCUT2D eigenvalue weighted by molar-refractivity contribution is 9.10. The second-order valence-corrected chi connectivity index (χ2v) is 40.5. The molecule has 7 nitrogen and oxygen atoms in total. The summed E-state index contributed by atoms with van der Waals surface area (Å²) >= 11 is 39.2. The van der Waals surface area contributed by atoms with Crippen molar-refractivity contribution in [2.75, 3.05) is 51.5 Å². The van der Waals surface area contributed by atoms with Gasteiger partial charge in [0, 0.05) is 33.8 Å². The Morgan fingerprint density at radius 3 is 1.22 bits per heavy atom. The van der Waals surface area contributed by atoms with Crippen molar-refractivity contribution in [3.8, 4) is 34.5 Å². The van der Waals surface area contributed by atoms with Crippen molar-refractivity contribution >= 4 is 91.2 Å². The Kier molecular flexibility index (Phi) is 44.2. The Morgan fingerprint density at radius 1 is 0.285 bits per heavy atom. The zero-order valence-corrected chi connectivity index (χ0v) is 86.7. The van der Waals surface area contributed by atoms with Gasteiger partial charge in [-0.2, -0.15) is 0 Å². The zero-order chi connectivity index (χ0) is 95.3. The number of halogens is 11. The van der Waals surface area contributed by atoms with Gasteiger partial charge in [-0.05, 0) is 322 Å². The van der Waals surface area contributed by atoms with E-state index in [4.69, 9.17) is 98.0 Å². The van der Waals surface area contributed by atoms with Gasteiger partial charge in [-0.15, -0.1) is 0 Å². The topological polar surface area (TPSA) is 67.4 Å². The fraction of sp³-hybridized carbons (Fsp3) is 0.464. The molecule has 7 heterocycles. The minimum Gasteiger partial charge on any atom is -0.493 e. The zero-order valence-electron chi connectivity index (χ0n) is 80.6. The number of rotatable bonds is 10. The second-order valence-electron chi connectivity index (χ2n) is 37.2. The summed E-state index contributed by atoms with van der Waals surface area (Å²) in [6, 6.07) is 47.2. The molecular weight excluding hydrogens is 1820 g/mol. The van der Waals surface area contributed by atoms with E-state index in [0.29, 0.717) is 58.2 Å². The van der Waals surface area contributed by atoms with Gasteiger partial charge in [-0.1, -0.05) is 287 Å². The van der Waals surface area contributed by atoms with Gasteiger partial charge < -0.3 is 33.7 Å². The first-order valence-electron chi connectivity index (χ1n) is 47.0. The molecule has 17 rings (SSSR count). The van der Waals surface area contributed by atoms with Gasteiger partial charge >= 0.3 is 0 Å². The van der Waals surface area contributed by atoms with Gasteiger partial charge in [0.25, 0.3) is 0 Å². The van der Waals surface area contributed by atoms with Crippen LogP contribution in [0.15, 0.2) is 150 Å². The number of hydrogen-bond acceptors (Lipinski definition) is 7. The van der Waals surface area contributed by atoms with Crippen LogP contribution >= 0.6 is 85.5 Å². The van der Waals surface area contributed by atoms with E-state index in [9.17, 15) is 17.6 Å². The Morgan fingerprint density at radius 2 is 0.669 bits per heavy atom. The van der Waals surface area contributed by atoms with Crippen molar-refractivity contribution < 1.29 is 46.0 Å². The fourth-order valence-corrected chi connectivity index (χ4v) is 18.7. The Balaban J connectivity index is 0.000000179. The van der Waals surface area contributed by atoms with Crippen LogP contribution in [0.4, 0.5) is 23.2 Å². The molecule has 7 aliphatic heterocycles. The average Bonchev–Trinajstić information content (AvgIpc) is 0.812. The SMILES string of the molecule is CC(C)c1cc2c(cc1F)OCCC2.CC(C)c1ccc(Br)c(F)c1Cl.CC(C)c1ccc(Cl)cc1.CC(C)c1ccc(Cl)cc1F.CC(C)c1ccc2c(c1)CCCO2.CC(C)c1ccc2c(c1Cl)CCCO2.CC(C)c1ccc2c(c1Cl)NCCC2.CC(C)c1ccc2c(c1Cl)OCCC2.CC(C)c1ccc2c(c1F)CCCO2.Cc1c(C(C)C)ccc2c1CCCO2. The summed E-state index contributed by atoms with van der Waals surface area (Å²) in [5.41, 5.74) is 22.2. The Bertz CT molecular complexity index is 4860. The molecule has 706 valence electrons. The number of anilines is 1. The molecule has 0 amide bonds. The van der Waals surface area contributed by atoms with Gasteiger partial charge in [0.05, 0.1) is 69.9 Å². The molecule has 0 bridgehead atoms. The molecule has 0 atom stereocenters. The molecule has 0 spiro atoms. The molecule has 0 fully saturated rings. The highest BCUT2D eigenvalue weighted by Gasteiger charge is 2.25. The van der Waals surface area contributed by atoms with Crippen LogP contribution in [0, 0.1) is 30.2 Å². The lowest BCUT2D eigenvalue weighted by molar-refractivity contribution is 0.283. The van der Waals surface area contributed by atoms with Crippen LogP contribution in [-0.4, -0.2) is 46.2 Å². The lowest BCUT2D eigenvalue weighted by Gasteiger charge is -2.22. The summed E-state index contributed by atoms with van der Waals surface area (Å²) in [4.78, 5) is 0. The molecule has 0 radical (unpaired) electrons. The normalized spacial score (nSPS) is 14.0. The summed E-state index contributed by atoms with van der Waals surface area (Å²) < 4.78 is 87.2. The predicted molar refractivity (Wildman–Crippen MR) is 547 cm³/mol. The van der Waals surface area contributed by atoms with E-state index >= 15 is 0 Å². The van der Waals surface area contributed by atoms with Crippen LogP contribution in [0.1, 0.15) is 343 Å². The van der Waals surface area contributed by atoms with Crippen molar-refractivity contribution in [3.63, 3.8) is 0 Å². The third-order valence-electron chi connectivity index (χ3n) is 23.9. The molecule has 18 heteroatoms. The van der Waals surface area contributed by atoms with Gasteiger partial charge in [-0.3, -0.25) is 0 Å². The van der Waals surface area contributed by atoms with E-state index < -0.39 is 0 Å². The van der Waals surface area contributed by atoms with Crippen LogP contribution in [0.2, 0.25) is 30.1 Å². The van der Waals surface area contributed by atoms with Crippen molar-refractivity contribution in [2.45, 2.75) is 294 Å². The third kappa shape index (κ3) is 31.2. The number of nitrogens with one attached hydrogen (secondary N) is 1. The van der Waals surface area contributed by atoms with Gasteiger partial charge in [0.2, 0.25) is 0 Å². The fourth-order valence-electron chi connectivity index (χ4n) is 16.2. The molecule has 10 aromatic rings. The molecule has 10 aromatic carbocycles. The molecular formula is C112H140BrCl6F4NO6. The van der Waals surface area contributed by atoms with Crippen LogP contribution < -0.4 is 33.7 Å². The molecule has 0 aliphatic carbocycles. The van der Waals surface area contributed by atoms with Crippen molar-refractivity contribution in [3.05, 3.63) is 304 Å². The molecule has 0 saturated heterocycles. The van der Waals surface area contributed by atoms with Crippen LogP contribution in [0.3, 0.4) is 0 Å². The molecule has 7 aliphatic rings. The van der Waals surface area contributed by atoms with E-state index in [-0.39, 0.29) is 52.0 Å². The Labute approximate surface area is 815 Å². The van der Waals surface area contributed by atoms with Crippen LogP contribution in [-0.2, 0) is 44.9 Å². The first-order chi connectivity index (χ1) is 61.8. The largest absolute Gasteiger partial charge is 0.493 e. The maximum Gasteiger partial charge on any atom is 0.156 e. The molecule has 1 N–H and O–H groups in total. The van der Waals surface area contributed by atoms with E-state index in [1.807, 2.05) is 91.8 Å². The van der Waals surface area contributed by atoms with Crippen LogP contribution in [0.25, 0.3) is 0 Å². The minimum atomic E-state index is -0.372. The monoisotopic (exact) mass is 1960 g/mol. The van der Waals surface area contributed by atoms with Gasteiger partial charge in [0.1, 0.15) is 51.9 Å².